The summed E-state index contributed by atoms with van der Waals surface area (Å²) < 4.78 is 11.2. The minimum Gasteiger partial charge on any atom is -0.489 e. The van der Waals surface area contributed by atoms with Gasteiger partial charge in [0.15, 0.2) is 0 Å². The average Bonchev–Trinajstić information content (AvgIpc) is 2.63. The van der Waals surface area contributed by atoms with Crippen LogP contribution in [-0.2, 0) is 9.53 Å². The number of benzene rings is 3. The van der Waals surface area contributed by atoms with E-state index in [4.69, 9.17) is 9.47 Å². The number of fused-ring (bicyclic) bond motifs is 2. The summed E-state index contributed by atoms with van der Waals surface area (Å²) in [5.74, 6) is 0.376. The molecular weight excluding hydrogens is 300 g/mol. The van der Waals surface area contributed by atoms with Gasteiger partial charge in [-0.05, 0) is 40.8 Å². The third kappa shape index (κ3) is 3.40. The SMILES string of the molecule is C=CC(=O)OC(CC)COc1cccc2cc3ccccc3cc12. The quantitative estimate of drug-likeness (QED) is 0.369. The molecule has 0 aromatic heterocycles. The van der Waals surface area contributed by atoms with Crippen LogP contribution >= 0.6 is 0 Å². The van der Waals surface area contributed by atoms with Crippen molar-refractivity contribution in [1.82, 2.24) is 0 Å². The summed E-state index contributed by atoms with van der Waals surface area (Å²) in [7, 11) is 0. The first kappa shape index (κ1) is 16.1. The molecule has 0 aliphatic rings. The summed E-state index contributed by atoms with van der Waals surface area (Å²) in [6, 6.07) is 18.5. The predicted molar refractivity (Wildman–Crippen MR) is 97.3 cm³/mol. The van der Waals surface area contributed by atoms with Gasteiger partial charge in [-0.3, -0.25) is 0 Å². The fraction of sp³-hybridized carbons (Fsp3) is 0.190. The number of rotatable bonds is 6. The summed E-state index contributed by atoms with van der Waals surface area (Å²) in [5.41, 5.74) is 0. The summed E-state index contributed by atoms with van der Waals surface area (Å²) in [6.45, 7) is 5.70. The fourth-order valence-electron chi connectivity index (χ4n) is 2.69. The monoisotopic (exact) mass is 320 g/mol. The number of carbonyl (C=O) groups excluding carboxylic acids is 1. The molecule has 3 nitrogen and oxygen atoms in total. The molecule has 3 aromatic carbocycles. The smallest absolute Gasteiger partial charge is 0.330 e. The summed E-state index contributed by atoms with van der Waals surface area (Å²) in [4.78, 5) is 11.4. The molecule has 0 aliphatic carbocycles. The van der Waals surface area contributed by atoms with Crippen LogP contribution in [0.4, 0.5) is 0 Å². The van der Waals surface area contributed by atoms with Gasteiger partial charge >= 0.3 is 5.97 Å². The first-order valence-electron chi connectivity index (χ1n) is 8.08. The van der Waals surface area contributed by atoms with E-state index in [-0.39, 0.29) is 6.10 Å². The molecule has 0 N–H and O–H groups in total. The van der Waals surface area contributed by atoms with Crippen LogP contribution in [0, 0.1) is 0 Å². The first-order valence-corrected chi connectivity index (χ1v) is 8.08. The third-order valence-electron chi connectivity index (χ3n) is 4.04. The van der Waals surface area contributed by atoms with E-state index in [9.17, 15) is 4.79 Å². The number of ether oxygens (including phenoxy) is 2. The maximum Gasteiger partial charge on any atom is 0.330 e. The van der Waals surface area contributed by atoms with Crippen LogP contribution in [-0.4, -0.2) is 18.7 Å². The van der Waals surface area contributed by atoms with Crippen LogP contribution in [0.1, 0.15) is 13.3 Å². The molecule has 3 rings (SSSR count). The van der Waals surface area contributed by atoms with E-state index in [0.29, 0.717) is 13.0 Å². The molecule has 24 heavy (non-hydrogen) atoms. The molecule has 0 bridgehead atoms. The van der Waals surface area contributed by atoms with E-state index in [1.165, 1.54) is 16.8 Å². The van der Waals surface area contributed by atoms with Crippen molar-refractivity contribution in [3.63, 3.8) is 0 Å². The Bertz CT molecular complexity index is 883. The van der Waals surface area contributed by atoms with E-state index >= 15 is 0 Å². The standard InChI is InChI=1S/C21H20O3/c1-3-18(24-21(22)4-2)14-23-20-11-7-10-17-12-15-8-5-6-9-16(15)13-19(17)20/h4-13,18H,2-3,14H2,1H3. The zero-order chi connectivity index (χ0) is 16.9. The average molecular weight is 320 g/mol. The number of esters is 1. The molecule has 0 saturated heterocycles. The molecule has 0 radical (unpaired) electrons. The molecule has 0 heterocycles. The van der Waals surface area contributed by atoms with E-state index in [1.54, 1.807) is 0 Å². The second kappa shape index (κ2) is 7.18. The lowest BCUT2D eigenvalue weighted by atomic mass is 10.0. The zero-order valence-corrected chi connectivity index (χ0v) is 13.7. The van der Waals surface area contributed by atoms with Gasteiger partial charge in [0, 0.05) is 11.5 Å². The lowest BCUT2D eigenvalue weighted by Crippen LogP contribution is -2.23. The zero-order valence-electron chi connectivity index (χ0n) is 13.7. The van der Waals surface area contributed by atoms with Crippen LogP contribution in [0.5, 0.6) is 5.75 Å². The molecule has 3 heteroatoms. The number of carbonyl (C=O) groups is 1. The van der Waals surface area contributed by atoms with Crippen LogP contribution in [0.15, 0.2) is 67.3 Å². The van der Waals surface area contributed by atoms with Crippen molar-refractivity contribution in [2.75, 3.05) is 6.61 Å². The Balaban J connectivity index is 1.87. The van der Waals surface area contributed by atoms with Gasteiger partial charge in [-0.1, -0.05) is 49.9 Å². The number of hydrogen-bond donors (Lipinski definition) is 0. The maximum absolute atomic E-state index is 11.4. The van der Waals surface area contributed by atoms with Gasteiger partial charge in [0.25, 0.3) is 0 Å². The second-order valence-corrected chi connectivity index (χ2v) is 5.66. The van der Waals surface area contributed by atoms with Gasteiger partial charge in [0.1, 0.15) is 18.5 Å². The van der Waals surface area contributed by atoms with Crippen molar-refractivity contribution in [2.45, 2.75) is 19.4 Å². The first-order chi connectivity index (χ1) is 11.7. The van der Waals surface area contributed by atoms with Crippen LogP contribution in [0.3, 0.4) is 0 Å². The molecule has 1 atom stereocenters. The van der Waals surface area contributed by atoms with Crippen molar-refractivity contribution < 1.29 is 14.3 Å². The highest BCUT2D eigenvalue weighted by atomic mass is 16.6. The molecule has 0 spiro atoms. The van der Waals surface area contributed by atoms with Crippen molar-refractivity contribution in [1.29, 1.82) is 0 Å². The molecule has 0 fully saturated rings. The second-order valence-electron chi connectivity index (χ2n) is 5.66. The van der Waals surface area contributed by atoms with Gasteiger partial charge in [0.2, 0.25) is 0 Å². The van der Waals surface area contributed by atoms with E-state index in [1.807, 2.05) is 31.2 Å². The molecule has 122 valence electrons. The molecular formula is C21H20O3. The van der Waals surface area contributed by atoms with E-state index in [0.717, 1.165) is 16.5 Å². The largest absolute Gasteiger partial charge is 0.489 e. The Hall–Kier alpha value is -2.81. The summed E-state index contributed by atoms with van der Waals surface area (Å²) in [5, 5.41) is 4.56. The Morgan fingerprint density at radius 1 is 1.08 bits per heavy atom. The van der Waals surface area contributed by atoms with Gasteiger partial charge in [-0.25, -0.2) is 4.79 Å². The Labute approximate surface area is 141 Å². The lowest BCUT2D eigenvalue weighted by Gasteiger charge is -2.17. The van der Waals surface area contributed by atoms with Gasteiger partial charge < -0.3 is 9.47 Å². The van der Waals surface area contributed by atoms with Gasteiger partial charge in [0.05, 0.1) is 0 Å². The van der Waals surface area contributed by atoms with Crippen LogP contribution in [0.25, 0.3) is 21.5 Å². The minimum absolute atomic E-state index is 0.286. The molecule has 0 amide bonds. The van der Waals surface area contributed by atoms with Gasteiger partial charge in [-0.15, -0.1) is 0 Å². The highest BCUT2D eigenvalue weighted by Gasteiger charge is 2.12. The van der Waals surface area contributed by atoms with Crippen LogP contribution < -0.4 is 4.74 Å². The molecule has 0 saturated carbocycles. The Morgan fingerprint density at radius 2 is 1.79 bits per heavy atom. The highest BCUT2D eigenvalue weighted by molar-refractivity contribution is 6.00. The lowest BCUT2D eigenvalue weighted by molar-refractivity contribution is -0.144. The molecule has 0 aliphatic heterocycles. The van der Waals surface area contributed by atoms with Gasteiger partial charge in [-0.2, -0.15) is 0 Å². The van der Waals surface area contributed by atoms with E-state index < -0.39 is 5.97 Å². The summed E-state index contributed by atoms with van der Waals surface area (Å²) >= 11 is 0. The van der Waals surface area contributed by atoms with E-state index in [2.05, 4.69) is 36.9 Å². The Morgan fingerprint density at radius 3 is 2.50 bits per heavy atom. The summed E-state index contributed by atoms with van der Waals surface area (Å²) in [6.07, 6.45) is 1.58. The van der Waals surface area contributed by atoms with Crippen molar-refractivity contribution in [3.8, 4) is 5.75 Å². The predicted octanol–water partition coefficient (Wildman–Crippen LogP) is 4.88. The van der Waals surface area contributed by atoms with Crippen LogP contribution in [0.2, 0.25) is 0 Å². The van der Waals surface area contributed by atoms with Crippen molar-refractivity contribution in [3.05, 3.63) is 67.3 Å². The third-order valence-corrected chi connectivity index (χ3v) is 4.04. The normalized spacial score (nSPS) is 12.0. The maximum atomic E-state index is 11.4. The number of hydrogen-bond acceptors (Lipinski definition) is 3. The van der Waals surface area contributed by atoms with Crippen molar-refractivity contribution >= 4 is 27.5 Å². The van der Waals surface area contributed by atoms with Crippen molar-refractivity contribution in [2.24, 2.45) is 0 Å². The minimum atomic E-state index is -0.422. The molecule has 1 unspecified atom stereocenters. The topological polar surface area (TPSA) is 35.5 Å². The highest BCUT2D eigenvalue weighted by Crippen LogP contribution is 2.30. The Kier molecular flexibility index (Phi) is 4.80. The fourth-order valence-corrected chi connectivity index (χ4v) is 2.69. The molecule has 3 aromatic rings.